The lowest BCUT2D eigenvalue weighted by Crippen LogP contribution is -2.42. The number of anilines is 1. The molecule has 0 bridgehead atoms. The summed E-state index contributed by atoms with van der Waals surface area (Å²) < 4.78 is 0. The number of benzene rings is 2. The average molecular weight is 420 g/mol. The highest BCUT2D eigenvalue weighted by Gasteiger charge is 2.22. The monoisotopic (exact) mass is 419 g/mol. The molecule has 30 heavy (non-hydrogen) atoms. The molecular weight excluding hydrogens is 394 g/mol. The second kappa shape index (κ2) is 9.59. The van der Waals surface area contributed by atoms with Crippen LogP contribution < -0.4 is 10.4 Å². The molecule has 5 nitrogen and oxygen atoms in total. The van der Waals surface area contributed by atoms with Gasteiger partial charge in [0.15, 0.2) is 0 Å². The molecule has 0 saturated carbocycles. The first-order valence-corrected chi connectivity index (χ1v) is 11.1. The van der Waals surface area contributed by atoms with Crippen molar-refractivity contribution in [3.63, 3.8) is 0 Å². The summed E-state index contributed by atoms with van der Waals surface area (Å²) in [6.45, 7) is 1.94. The highest BCUT2D eigenvalue weighted by molar-refractivity contribution is 7.10. The number of para-hydroxylation sites is 1. The largest absolute Gasteiger partial charge is 0.338 e. The standard InChI is InChI=1S/C24H25N3O2S/c28-23(11-12-24(29)26-15-13-22-20(18-26)14-16-30-22)25-27(21-9-5-2-6-10-21)17-19-7-3-1-4-8-19/h1-10,14,16H,11-13,15,17-18H2,(H,25,28). The van der Waals surface area contributed by atoms with E-state index >= 15 is 0 Å². The Labute approximate surface area is 180 Å². The van der Waals surface area contributed by atoms with Crippen molar-refractivity contribution in [2.75, 3.05) is 11.6 Å². The van der Waals surface area contributed by atoms with Gasteiger partial charge in [-0.05, 0) is 41.1 Å². The van der Waals surface area contributed by atoms with Crippen LogP contribution in [-0.2, 0) is 29.1 Å². The van der Waals surface area contributed by atoms with E-state index in [4.69, 9.17) is 0 Å². The predicted molar refractivity (Wildman–Crippen MR) is 120 cm³/mol. The molecular formula is C24H25N3O2S. The predicted octanol–water partition coefficient (Wildman–Crippen LogP) is 4.15. The van der Waals surface area contributed by atoms with Crippen molar-refractivity contribution < 1.29 is 9.59 Å². The molecule has 0 radical (unpaired) electrons. The van der Waals surface area contributed by atoms with Crippen LogP contribution in [0.3, 0.4) is 0 Å². The Morgan fingerprint density at radius 3 is 2.47 bits per heavy atom. The van der Waals surface area contributed by atoms with Crippen LogP contribution in [0.15, 0.2) is 72.1 Å². The van der Waals surface area contributed by atoms with Gasteiger partial charge in [0.25, 0.3) is 0 Å². The molecule has 1 N–H and O–H groups in total. The number of nitrogens with zero attached hydrogens (tertiary/aromatic N) is 2. The molecule has 1 aliphatic heterocycles. The molecule has 154 valence electrons. The summed E-state index contributed by atoms with van der Waals surface area (Å²) in [6, 6.07) is 21.8. The van der Waals surface area contributed by atoms with Crippen molar-refractivity contribution in [2.24, 2.45) is 0 Å². The Hall–Kier alpha value is -3.12. The SMILES string of the molecule is O=C(CCC(=O)N1CCc2sccc2C1)NN(Cc1ccccc1)c1ccccc1. The van der Waals surface area contributed by atoms with E-state index < -0.39 is 0 Å². The second-order valence-corrected chi connectivity index (χ2v) is 8.38. The molecule has 1 aromatic heterocycles. The van der Waals surface area contributed by atoms with Crippen LogP contribution in [0.2, 0.25) is 0 Å². The van der Waals surface area contributed by atoms with E-state index in [0.29, 0.717) is 13.1 Å². The summed E-state index contributed by atoms with van der Waals surface area (Å²) in [6.07, 6.45) is 1.30. The van der Waals surface area contributed by atoms with Gasteiger partial charge in [0.2, 0.25) is 11.8 Å². The summed E-state index contributed by atoms with van der Waals surface area (Å²) in [4.78, 5) is 28.5. The number of fused-ring (bicyclic) bond motifs is 1. The maximum absolute atomic E-state index is 12.6. The molecule has 2 aromatic carbocycles. The van der Waals surface area contributed by atoms with Crippen LogP contribution in [0.4, 0.5) is 5.69 Å². The fraction of sp³-hybridized carbons (Fsp3) is 0.250. The number of carbonyl (C=O) groups excluding carboxylic acids is 2. The molecule has 1 aliphatic rings. The zero-order valence-corrected chi connectivity index (χ0v) is 17.6. The lowest BCUT2D eigenvalue weighted by molar-refractivity contribution is -0.134. The van der Waals surface area contributed by atoms with Gasteiger partial charge in [-0.1, -0.05) is 48.5 Å². The van der Waals surface area contributed by atoms with Gasteiger partial charge in [0.1, 0.15) is 0 Å². The Balaban J connectivity index is 1.34. The molecule has 4 rings (SSSR count). The third-order valence-corrected chi connectivity index (χ3v) is 6.26. The van der Waals surface area contributed by atoms with E-state index in [0.717, 1.165) is 24.2 Å². The zero-order valence-electron chi connectivity index (χ0n) is 16.8. The number of nitrogens with one attached hydrogen (secondary N) is 1. The average Bonchev–Trinajstić information content (AvgIpc) is 3.26. The molecule has 2 amide bonds. The number of hydrogen-bond donors (Lipinski definition) is 1. The van der Waals surface area contributed by atoms with Gasteiger partial charge in [-0.15, -0.1) is 11.3 Å². The molecule has 0 unspecified atom stereocenters. The number of hydrazine groups is 1. The summed E-state index contributed by atoms with van der Waals surface area (Å²) in [5.41, 5.74) is 6.21. The fourth-order valence-electron chi connectivity index (χ4n) is 3.62. The van der Waals surface area contributed by atoms with Crippen LogP contribution in [0.1, 0.15) is 28.8 Å². The summed E-state index contributed by atoms with van der Waals surface area (Å²) in [5.74, 6) is -0.118. The van der Waals surface area contributed by atoms with Crippen LogP contribution >= 0.6 is 11.3 Å². The van der Waals surface area contributed by atoms with Gasteiger partial charge in [-0.25, -0.2) is 0 Å². The maximum atomic E-state index is 12.6. The fourth-order valence-corrected chi connectivity index (χ4v) is 4.51. The lowest BCUT2D eigenvalue weighted by Gasteiger charge is -2.28. The van der Waals surface area contributed by atoms with Crippen LogP contribution in [0.5, 0.6) is 0 Å². The number of amides is 2. The van der Waals surface area contributed by atoms with E-state index in [-0.39, 0.29) is 24.7 Å². The van der Waals surface area contributed by atoms with Crippen LogP contribution in [0.25, 0.3) is 0 Å². The van der Waals surface area contributed by atoms with Crippen LogP contribution in [-0.4, -0.2) is 23.3 Å². The summed E-state index contributed by atoms with van der Waals surface area (Å²) in [7, 11) is 0. The molecule has 0 atom stereocenters. The first-order chi connectivity index (χ1) is 14.7. The first kappa shape index (κ1) is 20.2. The molecule has 0 spiro atoms. The Morgan fingerprint density at radius 2 is 1.70 bits per heavy atom. The molecule has 6 heteroatoms. The first-order valence-electron chi connectivity index (χ1n) is 10.2. The van der Waals surface area contributed by atoms with Crippen LogP contribution in [0, 0.1) is 0 Å². The lowest BCUT2D eigenvalue weighted by atomic mass is 10.1. The number of rotatable bonds is 7. The number of carbonyl (C=O) groups is 2. The molecule has 3 aromatic rings. The van der Waals surface area contributed by atoms with Crippen molar-refractivity contribution in [1.29, 1.82) is 0 Å². The molecule has 2 heterocycles. The van der Waals surface area contributed by atoms with Gasteiger partial charge in [0, 0.05) is 30.8 Å². The van der Waals surface area contributed by atoms with E-state index in [1.54, 1.807) is 11.3 Å². The minimum Gasteiger partial charge on any atom is -0.338 e. The highest BCUT2D eigenvalue weighted by Crippen LogP contribution is 2.24. The normalized spacial score (nSPS) is 12.9. The summed E-state index contributed by atoms with van der Waals surface area (Å²) >= 11 is 1.76. The van der Waals surface area contributed by atoms with Crippen molar-refractivity contribution in [1.82, 2.24) is 10.3 Å². The quantitative estimate of drug-likeness (QED) is 0.586. The Morgan fingerprint density at radius 1 is 0.967 bits per heavy atom. The maximum Gasteiger partial charge on any atom is 0.239 e. The third kappa shape index (κ3) is 5.07. The van der Waals surface area contributed by atoms with E-state index in [1.807, 2.05) is 70.6 Å². The zero-order chi connectivity index (χ0) is 20.8. The van der Waals surface area contributed by atoms with Gasteiger partial charge in [-0.3, -0.25) is 20.0 Å². The molecule has 0 saturated heterocycles. The van der Waals surface area contributed by atoms with E-state index in [2.05, 4.69) is 16.9 Å². The third-order valence-electron chi connectivity index (χ3n) is 5.24. The van der Waals surface area contributed by atoms with Gasteiger partial charge < -0.3 is 4.90 Å². The Bertz CT molecular complexity index is 988. The topological polar surface area (TPSA) is 52.7 Å². The van der Waals surface area contributed by atoms with E-state index in [9.17, 15) is 9.59 Å². The van der Waals surface area contributed by atoms with Crippen molar-refractivity contribution in [3.8, 4) is 0 Å². The Kier molecular flexibility index (Phi) is 6.44. The van der Waals surface area contributed by atoms with Gasteiger partial charge >= 0.3 is 0 Å². The minimum atomic E-state index is -0.156. The van der Waals surface area contributed by atoms with Crippen molar-refractivity contribution in [2.45, 2.75) is 32.4 Å². The van der Waals surface area contributed by atoms with Crippen molar-refractivity contribution >= 4 is 28.8 Å². The summed E-state index contributed by atoms with van der Waals surface area (Å²) in [5, 5.41) is 3.91. The minimum absolute atomic E-state index is 0.0383. The molecule has 0 aliphatic carbocycles. The number of hydrogen-bond acceptors (Lipinski definition) is 4. The molecule has 0 fully saturated rings. The van der Waals surface area contributed by atoms with E-state index in [1.165, 1.54) is 10.4 Å². The van der Waals surface area contributed by atoms with Gasteiger partial charge in [0.05, 0.1) is 12.2 Å². The smallest absolute Gasteiger partial charge is 0.239 e. The van der Waals surface area contributed by atoms with Gasteiger partial charge in [-0.2, -0.15) is 0 Å². The van der Waals surface area contributed by atoms with Crippen molar-refractivity contribution in [3.05, 3.63) is 88.1 Å². The number of thiophene rings is 1. The second-order valence-electron chi connectivity index (χ2n) is 7.38. The highest BCUT2D eigenvalue weighted by atomic mass is 32.1.